The lowest BCUT2D eigenvalue weighted by molar-refractivity contribution is 0.675. The van der Waals surface area contributed by atoms with E-state index in [4.69, 9.17) is 5.73 Å². The van der Waals surface area contributed by atoms with E-state index in [1.54, 1.807) is 0 Å². The number of pyridine rings is 1. The monoisotopic (exact) mass is 231 g/mol. The summed E-state index contributed by atoms with van der Waals surface area (Å²) in [5, 5.41) is 0. The second kappa shape index (κ2) is 4.65. The van der Waals surface area contributed by atoms with Gasteiger partial charge in [-0.05, 0) is 43.6 Å². The number of hydrogen-bond donors (Lipinski definition) is 1. The third-order valence-electron chi connectivity index (χ3n) is 3.79. The summed E-state index contributed by atoms with van der Waals surface area (Å²) in [6, 6.07) is 2.13. The third kappa shape index (κ3) is 2.78. The second-order valence-electron chi connectivity index (χ2n) is 5.50. The quantitative estimate of drug-likeness (QED) is 0.816. The molecule has 1 aromatic rings. The molecule has 1 heterocycles. The van der Waals surface area contributed by atoms with E-state index in [0.717, 1.165) is 11.8 Å². The summed E-state index contributed by atoms with van der Waals surface area (Å²) < 4.78 is 0. The standard InChI is InChI=1S/C14H21N3/c15-7-13-8-16-6-5-14(13)17(9-11-1-2-11)10-12-3-4-12/h5-6,8,11-12H,1-4,7,9-10,15H2. The number of rotatable bonds is 6. The van der Waals surface area contributed by atoms with Gasteiger partial charge in [-0.3, -0.25) is 4.98 Å². The number of anilines is 1. The van der Waals surface area contributed by atoms with Crippen LogP contribution in [0.3, 0.4) is 0 Å². The predicted molar refractivity (Wildman–Crippen MR) is 69.8 cm³/mol. The lowest BCUT2D eigenvalue weighted by Gasteiger charge is -2.26. The summed E-state index contributed by atoms with van der Waals surface area (Å²) in [5.41, 5.74) is 8.32. The van der Waals surface area contributed by atoms with Gasteiger partial charge in [0.05, 0.1) is 0 Å². The molecule has 0 spiro atoms. The normalized spacial score (nSPS) is 19.4. The topological polar surface area (TPSA) is 42.1 Å². The third-order valence-corrected chi connectivity index (χ3v) is 3.79. The molecule has 3 rings (SSSR count). The number of aromatic nitrogens is 1. The van der Waals surface area contributed by atoms with Crippen LogP contribution in [-0.2, 0) is 6.54 Å². The first kappa shape index (κ1) is 11.0. The molecule has 2 saturated carbocycles. The Kier molecular flexibility index (Phi) is 3.02. The van der Waals surface area contributed by atoms with E-state index in [0.29, 0.717) is 6.54 Å². The van der Waals surface area contributed by atoms with Gasteiger partial charge in [-0.25, -0.2) is 0 Å². The molecule has 0 bridgehead atoms. The van der Waals surface area contributed by atoms with Crippen LogP contribution in [0.1, 0.15) is 31.2 Å². The van der Waals surface area contributed by atoms with E-state index in [1.165, 1.54) is 50.0 Å². The molecule has 2 fully saturated rings. The van der Waals surface area contributed by atoms with Gasteiger partial charge in [-0.2, -0.15) is 0 Å². The Labute approximate surface area is 103 Å². The average Bonchev–Trinajstić information content (AvgIpc) is 3.23. The van der Waals surface area contributed by atoms with Crippen molar-refractivity contribution in [3.05, 3.63) is 24.0 Å². The molecule has 0 atom stereocenters. The highest BCUT2D eigenvalue weighted by Gasteiger charge is 2.29. The maximum Gasteiger partial charge on any atom is 0.0442 e. The minimum Gasteiger partial charge on any atom is -0.371 e. The van der Waals surface area contributed by atoms with Crippen LogP contribution in [-0.4, -0.2) is 18.1 Å². The first-order valence-corrected chi connectivity index (χ1v) is 6.74. The zero-order valence-electron chi connectivity index (χ0n) is 10.3. The van der Waals surface area contributed by atoms with Gasteiger partial charge in [0.1, 0.15) is 0 Å². The van der Waals surface area contributed by atoms with E-state index in [2.05, 4.69) is 16.0 Å². The zero-order valence-corrected chi connectivity index (χ0v) is 10.3. The van der Waals surface area contributed by atoms with Crippen LogP contribution < -0.4 is 10.6 Å². The molecule has 0 aromatic carbocycles. The van der Waals surface area contributed by atoms with E-state index in [-0.39, 0.29) is 0 Å². The number of hydrogen-bond acceptors (Lipinski definition) is 3. The lowest BCUT2D eigenvalue weighted by Crippen LogP contribution is -2.29. The van der Waals surface area contributed by atoms with Gasteiger partial charge < -0.3 is 10.6 Å². The van der Waals surface area contributed by atoms with Crippen molar-refractivity contribution in [1.82, 2.24) is 4.98 Å². The van der Waals surface area contributed by atoms with Crippen LogP contribution in [0.5, 0.6) is 0 Å². The molecule has 0 aliphatic heterocycles. The van der Waals surface area contributed by atoms with Crippen molar-refractivity contribution in [3.63, 3.8) is 0 Å². The van der Waals surface area contributed by atoms with Gasteiger partial charge in [-0.1, -0.05) is 0 Å². The molecule has 3 nitrogen and oxygen atoms in total. The molecule has 0 amide bonds. The molecule has 0 unspecified atom stereocenters. The van der Waals surface area contributed by atoms with Crippen molar-refractivity contribution in [1.29, 1.82) is 0 Å². The average molecular weight is 231 g/mol. The van der Waals surface area contributed by atoms with Crippen molar-refractivity contribution < 1.29 is 0 Å². The zero-order chi connectivity index (χ0) is 11.7. The van der Waals surface area contributed by atoms with Gasteiger partial charge in [0, 0.05) is 43.3 Å². The van der Waals surface area contributed by atoms with Crippen molar-refractivity contribution in [2.24, 2.45) is 17.6 Å². The van der Waals surface area contributed by atoms with E-state index >= 15 is 0 Å². The molecule has 2 aliphatic carbocycles. The fourth-order valence-corrected chi connectivity index (χ4v) is 2.38. The maximum absolute atomic E-state index is 5.81. The van der Waals surface area contributed by atoms with Gasteiger partial charge in [-0.15, -0.1) is 0 Å². The summed E-state index contributed by atoms with van der Waals surface area (Å²) in [7, 11) is 0. The summed E-state index contributed by atoms with van der Waals surface area (Å²) in [6.45, 7) is 3.02. The summed E-state index contributed by atoms with van der Waals surface area (Å²) >= 11 is 0. The van der Waals surface area contributed by atoms with Crippen molar-refractivity contribution >= 4 is 5.69 Å². The smallest absolute Gasteiger partial charge is 0.0442 e. The molecule has 0 saturated heterocycles. The fourth-order valence-electron chi connectivity index (χ4n) is 2.38. The Balaban J connectivity index is 1.78. The van der Waals surface area contributed by atoms with Crippen molar-refractivity contribution in [2.45, 2.75) is 32.2 Å². The minimum absolute atomic E-state index is 0.592. The van der Waals surface area contributed by atoms with Crippen molar-refractivity contribution in [3.8, 4) is 0 Å². The number of nitrogens with zero attached hydrogens (tertiary/aromatic N) is 2. The SMILES string of the molecule is NCc1cnccc1N(CC1CC1)CC1CC1. The largest absolute Gasteiger partial charge is 0.371 e. The molecular weight excluding hydrogens is 210 g/mol. The highest BCUT2D eigenvalue weighted by molar-refractivity contribution is 5.52. The van der Waals surface area contributed by atoms with Gasteiger partial charge in [0.15, 0.2) is 0 Å². The van der Waals surface area contributed by atoms with Crippen LogP contribution in [0.4, 0.5) is 5.69 Å². The van der Waals surface area contributed by atoms with E-state index in [1.807, 2.05) is 12.4 Å². The first-order chi connectivity index (χ1) is 8.36. The van der Waals surface area contributed by atoms with E-state index < -0.39 is 0 Å². The van der Waals surface area contributed by atoms with Crippen LogP contribution in [0.15, 0.2) is 18.5 Å². The first-order valence-electron chi connectivity index (χ1n) is 6.74. The Hall–Kier alpha value is -1.09. The molecule has 92 valence electrons. The van der Waals surface area contributed by atoms with Crippen LogP contribution in [0.25, 0.3) is 0 Å². The van der Waals surface area contributed by atoms with Gasteiger partial charge in [0.25, 0.3) is 0 Å². The highest BCUT2D eigenvalue weighted by Crippen LogP contribution is 2.36. The lowest BCUT2D eigenvalue weighted by atomic mass is 10.2. The predicted octanol–water partition coefficient (Wildman–Crippen LogP) is 2.17. The molecular formula is C14H21N3. The Morgan fingerprint density at radius 2 is 1.82 bits per heavy atom. The molecule has 2 N–H and O–H groups in total. The Morgan fingerprint density at radius 1 is 1.18 bits per heavy atom. The molecule has 2 aliphatic rings. The molecule has 1 aromatic heterocycles. The van der Waals surface area contributed by atoms with Crippen LogP contribution in [0.2, 0.25) is 0 Å². The molecule has 17 heavy (non-hydrogen) atoms. The van der Waals surface area contributed by atoms with Gasteiger partial charge in [0.2, 0.25) is 0 Å². The van der Waals surface area contributed by atoms with Gasteiger partial charge >= 0.3 is 0 Å². The van der Waals surface area contributed by atoms with E-state index in [9.17, 15) is 0 Å². The summed E-state index contributed by atoms with van der Waals surface area (Å²) in [4.78, 5) is 6.74. The highest BCUT2D eigenvalue weighted by atomic mass is 15.1. The van der Waals surface area contributed by atoms with Crippen LogP contribution >= 0.6 is 0 Å². The fraction of sp³-hybridized carbons (Fsp3) is 0.643. The molecule has 0 radical (unpaired) electrons. The van der Waals surface area contributed by atoms with Crippen molar-refractivity contribution in [2.75, 3.05) is 18.0 Å². The Morgan fingerprint density at radius 3 is 2.35 bits per heavy atom. The number of nitrogens with two attached hydrogens (primary N) is 1. The second-order valence-corrected chi connectivity index (χ2v) is 5.50. The summed E-state index contributed by atoms with van der Waals surface area (Å²) in [5.74, 6) is 1.85. The minimum atomic E-state index is 0.592. The maximum atomic E-state index is 5.81. The van der Waals surface area contributed by atoms with Crippen LogP contribution in [0, 0.1) is 11.8 Å². The Bertz CT molecular complexity index is 369. The summed E-state index contributed by atoms with van der Waals surface area (Å²) in [6.07, 6.45) is 9.44. The molecule has 3 heteroatoms.